The molecule has 6 nitrogen and oxygen atoms in total. The van der Waals surface area contributed by atoms with E-state index >= 15 is 0 Å². The first-order valence-corrected chi connectivity index (χ1v) is 11.0. The number of carbonyl (C=O) groups excluding carboxylic acids is 1. The first-order valence-electron chi connectivity index (χ1n) is 9.47. The largest absolute Gasteiger partial charge is 0.495 e. The van der Waals surface area contributed by atoms with Gasteiger partial charge in [-0.25, -0.2) is 13.1 Å². The minimum atomic E-state index is -3.64. The van der Waals surface area contributed by atoms with E-state index in [1.165, 1.54) is 64.0 Å². The maximum absolute atomic E-state index is 12.6. The molecule has 1 aliphatic rings. The Morgan fingerprint density at radius 1 is 1.04 bits per heavy atom. The van der Waals surface area contributed by atoms with Crippen LogP contribution < -0.4 is 14.8 Å². The molecule has 0 radical (unpaired) electrons. The van der Waals surface area contributed by atoms with Crippen LogP contribution in [0.1, 0.15) is 53.9 Å². The highest BCUT2D eigenvalue weighted by molar-refractivity contribution is 7.89. The van der Waals surface area contributed by atoms with E-state index in [9.17, 15) is 13.2 Å². The number of amides is 1. The van der Waals surface area contributed by atoms with Crippen molar-refractivity contribution < 1.29 is 17.9 Å². The highest BCUT2D eigenvalue weighted by Crippen LogP contribution is 2.32. The Labute approximate surface area is 166 Å². The average molecular weight is 403 g/mol. The molecular weight excluding hydrogens is 376 g/mol. The Hall–Kier alpha value is -2.38. The molecule has 150 valence electrons. The van der Waals surface area contributed by atoms with Crippen LogP contribution in [0.2, 0.25) is 0 Å². The second kappa shape index (κ2) is 8.75. The molecule has 1 fully saturated rings. The highest BCUT2D eigenvalue weighted by atomic mass is 32.2. The van der Waals surface area contributed by atoms with Crippen LogP contribution in [0.15, 0.2) is 47.4 Å². The van der Waals surface area contributed by atoms with E-state index in [0.717, 1.165) is 0 Å². The maximum atomic E-state index is 12.6. The molecule has 28 heavy (non-hydrogen) atoms. The number of hydrogen-bond donors (Lipinski definition) is 2. The van der Waals surface area contributed by atoms with E-state index < -0.39 is 10.0 Å². The predicted octanol–water partition coefficient (Wildman–Crippen LogP) is 3.90. The lowest BCUT2D eigenvalue weighted by Gasteiger charge is -2.22. The molecule has 2 aromatic carbocycles. The average Bonchev–Trinajstić information content (AvgIpc) is 2.74. The zero-order valence-electron chi connectivity index (χ0n) is 16.2. The van der Waals surface area contributed by atoms with E-state index in [-0.39, 0.29) is 16.6 Å². The van der Waals surface area contributed by atoms with Gasteiger partial charge in [-0.2, -0.15) is 0 Å². The van der Waals surface area contributed by atoms with Crippen LogP contribution in [0.4, 0.5) is 5.69 Å². The van der Waals surface area contributed by atoms with Crippen molar-refractivity contribution >= 4 is 21.6 Å². The number of benzene rings is 2. The lowest BCUT2D eigenvalue weighted by atomic mass is 9.84. The van der Waals surface area contributed by atoms with Crippen LogP contribution in [-0.2, 0) is 10.0 Å². The summed E-state index contributed by atoms with van der Waals surface area (Å²) in [6.45, 7) is 0. The quantitative estimate of drug-likeness (QED) is 0.767. The summed E-state index contributed by atoms with van der Waals surface area (Å²) in [7, 11) is -0.918. The first kappa shape index (κ1) is 20.4. The summed E-state index contributed by atoms with van der Waals surface area (Å²) in [4.78, 5) is 12.6. The summed E-state index contributed by atoms with van der Waals surface area (Å²) >= 11 is 0. The third-order valence-corrected chi connectivity index (χ3v) is 6.68. The monoisotopic (exact) mass is 402 g/mol. The van der Waals surface area contributed by atoms with E-state index in [1.807, 2.05) is 24.3 Å². The molecule has 3 rings (SSSR count). The van der Waals surface area contributed by atoms with Crippen LogP contribution >= 0.6 is 0 Å². The summed E-state index contributed by atoms with van der Waals surface area (Å²) < 4.78 is 31.5. The fraction of sp³-hybridized carbons (Fsp3) is 0.381. The van der Waals surface area contributed by atoms with Crippen molar-refractivity contribution in [3.63, 3.8) is 0 Å². The Morgan fingerprint density at radius 2 is 1.71 bits per heavy atom. The zero-order chi connectivity index (χ0) is 20.1. The van der Waals surface area contributed by atoms with Gasteiger partial charge in [-0.15, -0.1) is 0 Å². The molecule has 1 amide bonds. The summed E-state index contributed by atoms with van der Waals surface area (Å²) in [5.74, 6) is 0.512. The van der Waals surface area contributed by atoms with Crippen molar-refractivity contribution in [2.24, 2.45) is 0 Å². The molecule has 1 aliphatic carbocycles. The van der Waals surface area contributed by atoms with Gasteiger partial charge >= 0.3 is 0 Å². The summed E-state index contributed by atoms with van der Waals surface area (Å²) in [6.07, 6.45) is 6.29. The lowest BCUT2D eigenvalue weighted by molar-refractivity contribution is 0.102. The van der Waals surface area contributed by atoms with Crippen molar-refractivity contribution in [3.05, 3.63) is 53.6 Å². The summed E-state index contributed by atoms with van der Waals surface area (Å²) in [6, 6.07) is 12.2. The fourth-order valence-corrected chi connectivity index (χ4v) is 4.50. The van der Waals surface area contributed by atoms with Crippen molar-refractivity contribution in [2.45, 2.75) is 42.9 Å². The van der Waals surface area contributed by atoms with Crippen LogP contribution in [0.25, 0.3) is 0 Å². The Balaban J connectivity index is 1.73. The van der Waals surface area contributed by atoms with Gasteiger partial charge in [0.25, 0.3) is 5.91 Å². The number of carbonyl (C=O) groups is 1. The van der Waals surface area contributed by atoms with Crippen molar-refractivity contribution in [1.29, 1.82) is 0 Å². The van der Waals surface area contributed by atoms with Gasteiger partial charge < -0.3 is 10.1 Å². The van der Waals surface area contributed by atoms with Gasteiger partial charge in [-0.05, 0) is 55.6 Å². The number of anilines is 1. The Morgan fingerprint density at radius 3 is 2.32 bits per heavy atom. The third kappa shape index (κ3) is 4.54. The topological polar surface area (TPSA) is 84.5 Å². The summed E-state index contributed by atoms with van der Waals surface area (Å²) in [5.41, 5.74) is 2.32. The number of methoxy groups -OCH3 is 1. The number of rotatable bonds is 6. The minimum absolute atomic E-state index is 0.0207. The predicted molar refractivity (Wildman–Crippen MR) is 109 cm³/mol. The standard InChI is InChI=1S/C21H26N2O4S/c1-22-28(25,26)20-13-12-18(14-19(20)27-2)23-21(24)17-10-8-16(9-11-17)15-6-4-3-5-7-15/h8-15,22H,3-7H2,1-2H3,(H,23,24). The molecule has 0 spiro atoms. The molecule has 0 unspecified atom stereocenters. The van der Waals surface area contributed by atoms with Crippen LogP contribution in [0.3, 0.4) is 0 Å². The zero-order valence-corrected chi connectivity index (χ0v) is 17.0. The molecule has 0 heterocycles. The van der Waals surface area contributed by atoms with Crippen LogP contribution in [0.5, 0.6) is 5.75 Å². The summed E-state index contributed by atoms with van der Waals surface area (Å²) in [5, 5.41) is 2.79. The SMILES string of the molecule is CNS(=O)(=O)c1ccc(NC(=O)c2ccc(C3CCCCC3)cc2)cc1OC. The Bertz CT molecular complexity index is 933. The Kier molecular flexibility index (Phi) is 6.36. The van der Waals surface area contributed by atoms with Crippen LogP contribution in [0, 0.1) is 0 Å². The second-order valence-corrected chi connectivity index (χ2v) is 8.84. The van der Waals surface area contributed by atoms with Gasteiger partial charge in [-0.3, -0.25) is 4.79 Å². The van der Waals surface area contributed by atoms with Crippen molar-refractivity contribution in [3.8, 4) is 5.75 Å². The second-order valence-electron chi connectivity index (χ2n) is 6.98. The first-order chi connectivity index (χ1) is 13.4. The van der Waals surface area contributed by atoms with Gasteiger partial charge in [0, 0.05) is 17.3 Å². The number of nitrogens with one attached hydrogen (secondary N) is 2. The normalized spacial score (nSPS) is 15.2. The molecule has 1 saturated carbocycles. The van der Waals surface area contributed by atoms with E-state index in [2.05, 4.69) is 10.0 Å². The third-order valence-electron chi connectivity index (χ3n) is 5.23. The van der Waals surface area contributed by atoms with Gasteiger partial charge in [0.15, 0.2) is 0 Å². The molecule has 2 N–H and O–H groups in total. The van der Waals surface area contributed by atoms with Crippen LogP contribution in [-0.4, -0.2) is 28.5 Å². The van der Waals surface area contributed by atoms with Crippen molar-refractivity contribution in [2.75, 3.05) is 19.5 Å². The van der Waals surface area contributed by atoms with E-state index in [1.54, 1.807) is 6.07 Å². The van der Waals surface area contributed by atoms with E-state index in [0.29, 0.717) is 17.2 Å². The van der Waals surface area contributed by atoms with E-state index in [4.69, 9.17) is 4.74 Å². The van der Waals surface area contributed by atoms with Gasteiger partial charge in [0.1, 0.15) is 10.6 Å². The highest BCUT2D eigenvalue weighted by Gasteiger charge is 2.19. The minimum Gasteiger partial charge on any atom is -0.495 e. The molecule has 0 aromatic heterocycles. The molecule has 2 aromatic rings. The van der Waals surface area contributed by atoms with Gasteiger partial charge in [-0.1, -0.05) is 31.4 Å². The number of ether oxygens (including phenoxy) is 1. The fourth-order valence-electron chi connectivity index (χ4n) is 3.62. The molecular formula is C21H26N2O4S. The number of sulfonamides is 1. The molecule has 0 aliphatic heterocycles. The van der Waals surface area contributed by atoms with Gasteiger partial charge in [0.2, 0.25) is 10.0 Å². The maximum Gasteiger partial charge on any atom is 0.255 e. The van der Waals surface area contributed by atoms with Crippen molar-refractivity contribution in [1.82, 2.24) is 4.72 Å². The molecule has 0 atom stereocenters. The molecule has 7 heteroatoms. The lowest BCUT2D eigenvalue weighted by Crippen LogP contribution is -2.19. The smallest absolute Gasteiger partial charge is 0.255 e. The number of hydrogen-bond acceptors (Lipinski definition) is 4. The van der Waals surface area contributed by atoms with Gasteiger partial charge in [0.05, 0.1) is 7.11 Å². The molecule has 0 saturated heterocycles. The molecule has 0 bridgehead atoms.